The highest BCUT2D eigenvalue weighted by Crippen LogP contribution is 2.13. The van der Waals surface area contributed by atoms with E-state index in [2.05, 4.69) is 5.10 Å². The van der Waals surface area contributed by atoms with Crippen LogP contribution in [0.3, 0.4) is 0 Å². The van der Waals surface area contributed by atoms with Crippen molar-refractivity contribution in [2.45, 2.75) is 13.8 Å². The van der Waals surface area contributed by atoms with E-state index in [9.17, 15) is 4.79 Å². The van der Waals surface area contributed by atoms with E-state index < -0.39 is 0 Å². The van der Waals surface area contributed by atoms with Crippen LogP contribution in [0.1, 0.15) is 21.8 Å². The highest BCUT2D eigenvalue weighted by molar-refractivity contribution is 5.97. The summed E-state index contributed by atoms with van der Waals surface area (Å²) < 4.78 is 6.22. The molecule has 0 fully saturated rings. The van der Waals surface area contributed by atoms with Crippen molar-refractivity contribution in [2.24, 2.45) is 0 Å². The standard InChI is InChI=1S/C10H11N3O2/c1-6-5-9(11)13(12-6)10(14)8-3-4-15-7(8)2/h3-5H,11H2,1-2H3. The summed E-state index contributed by atoms with van der Waals surface area (Å²) in [6.45, 7) is 3.50. The molecule has 0 spiro atoms. The van der Waals surface area contributed by atoms with Gasteiger partial charge in [0, 0.05) is 6.07 Å². The van der Waals surface area contributed by atoms with Crippen molar-refractivity contribution in [3.8, 4) is 0 Å². The van der Waals surface area contributed by atoms with Crippen LogP contribution in [-0.2, 0) is 0 Å². The summed E-state index contributed by atoms with van der Waals surface area (Å²) in [6, 6.07) is 3.25. The van der Waals surface area contributed by atoms with Crippen molar-refractivity contribution in [3.63, 3.8) is 0 Å². The average molecular weight is 205 g/mol. The van der Waals surface area contributed by atoms with E-state index in [1.165, 1.54) is 10.9 Å². The number of hydrogen-bond donors (Lipinski definition) is 1. The Balaban J connectivity index is 2.45. The molecule has 0 radical (unpaired) electrons. The third-order valence-corrected chi connectivity index (χ3v) is 2.14. The van der Waals surface area contributed by atoms with E-state index in [4.69, 9.17) is 10.2 Å². The topological polar surface area (TPSA) is 74.0 Å². The van der Waals surface area contributed by atoms with Crippen molar-refractivity contribution in [1.82, 2.24) is 9.78 Å². The van der Waals surface area contributed by atoms with Gasteiger partial charge in [0.1, 0.15) is 11.6 Å². The average Bonchev–Trinajstić information content (AvgIpc) is 2.71. The van der Waals surface area contributed by atoms with Crippen molar-refractivity contribution in [3.05, 3.63) is 35.4 Å². The molecule has 15 heavy (non-hydrogen) atoms. The quantitative estimate of drug-likeness (QED) is 0.762. The van der Waals surface area contributed by atoms with E-state index in [0.717, 1.165) is 0 Å². The fourth-order valence-electron chi connectivity index (χ4n) is 1.40. The molecule has 78 valence electrons. The van der Waals surface area contributed by atoms with Crippen LogP contribution in [0.4, 0.5) is 5.82 Å². The van der Waals surface area contributed by atoms with E-state index >= 15 is 0 Å². The zero-order valence-electron chi connectivity index (χ0n) is 8.52. The Hall–Kier alpha value is -2.04. The van der Waals surface area contributed by atoms with Crippen LogP contribution in [0, 0.1) is 13.8 Å². The number of nitrogens with two attached hydrogens (primary N) is 1. The summed E-state index contributed by atoms with van der Waals surface area (Å²) in [4.78, 5) is 11.9. The lowest BCUT2D eigenvalue weighted by molar-refractivity contribution is 0.0946. The molecule has 0 bridgehead atoms. The first-order valence-electron chi connectivity index (χ1n) is 4.50. The monoisotopic (exact) mass is 205 g/mol. The van der Waals surface area contributed by atoms with Gasteiger partial charge >= 0.3 is 0 Å². The molecule has 0 aliphatic rings. The van der Waals surface area contributed by atoms with Crippen LogP contribution in [0.25, 0.3) is 0 Å². The second kappa shape index (κ2) is 3.27. The van der Waals surface area contributed by atoms with E-state index in [0.29, 0.717) is 22.8 Å². The first-order chi connectivity index (χ1) is 7.09. The number of rotatable bonds is 1. The van der Waals surface area contributed by atoms with Gasteiger partial charge in [0.15, 0.2) is 0 Å². The zero-order valence-corrected chi connectivity index (χ0v) is 8.52. The van der Waals surface area contributed by atoms with Gasteiger partial charge in [-0.05, 0) is 19.9 Å². The number of furan rings is 1. The van der Waals surface area contributed by atoms with Gasteiger partial charge in [0.25, 0.3) is 5.91 Å². The Bertz CT molecular complexity index is 510. The predicted octanol–water partition coefficient (Wildman–Crippen LogP) is 1.36. The molecule has 0 aliphatic carbocycles. The Morgan fingerprint density at radius 2 is 2.27 bits per heavy atom. The van der Waals surface area contributed by atoms with Gasteiger partial charge in [0.05, 0.1) is 17.5 Å². The third-order valence-electron chi connectivity index (χ3n) is 2.14. The van der Waals surface area contributed by atoms with E-state index in [1.54, 1.807) is 26.0 Å². The number of nitrogen functional groups attached to an aromatic ring is 1. The minimum absolute atomic E-state index is 0.271. The van der Waals surface area contributed by atoms with Gasteiger partial charge in [-0.2, -0.15) is 9.78 Å². The van der Waals surface area contributed by atoms with Gasteiger partial charge in [-0.25, -0.2) is 0 Å². The largest absolute Gasteiger partial charge is 0.469 e. The number of nitrogens with zero attached hydrogens (tertiary/aromatic N) is 2. The third kappa shape index (κ3) is 1.52. The Morgan fingerprint density at radius 1 is 1.53 bits per heavy atom. The molecule has 0 aromatic carbocycles. The summed E-state index contributed by atoms with van der Waals surface area (Å²) in [5, 5.41) is 4.01. The number of carbonyl (C=O) groups excluding carboxylic acids is 1. The molecule has 2 aromatic rings. The molecular formula is C10H11N3O2. The highest BCUT2D eigenvalue weighted by Gasteiger charge is 2.16. The number of aromatic nitrogens is 2. The maximum atomic E-state index is 11.9. The van der Waals surface area contributed by atoms with Gasteiger partial charge in [0.2, 0.25) is 0 Å². The van der Waals surface area contributed by atoms with Crippen LogP contribution in [-0.4, -0.2) is 15.7 Å². The van der Waals surface area contributed by atoms with E-state index in [1.807, 2.05) is 0 Å². The summed E-state index contributed by atoms with van der Waals surface area (Å²) in [6.07, 6.45) is 1.47. The maximum absolute atomic E-state index is 11.9. The van der Waals surface area contributed by atoms with Crippen LogP contribution in [0.5, 0.6) is 0 Å². The van der Waals surface area contributed by atoms with Crippen molar-refractivity contribution in [1.29, 1.82) is 0 Å². The van der Waals surface area contributed by atoms with Gasteiger partial charge in [-0.1, -0.05) is 0 Å². The van der Waals surface area contributed by atoms with Crippen molar-refractivity contribution < 1.29 is 9.21 Å². The molecule has 2 aromatic heterocycles. The maximum Gasteiger partial charge on any atom is 0.283 e. The Morgan fingerprint density at radius 3 is 2.73 bits per heavy atom. The molecule has 5 nitrogen and oxygen atoms in total. The lowest BCUT2D eigenvalue weighted by atomic mass is 10.2. The number of anilines is 1. The first-order valence-corrected chi connectivity index (χ1v) is 4.50. The molecule has 2 rings (SSSR count). The molecule has 5 heteroatoms. The van der Waals surface area contributed by atoms with Crippen LogP contribution >= 0.6 is 0 Å². The zero-order chi connectivity index (χ0) is 11.0. The summed E-state index contributed by atoms with van der Waals surface area (Å²) in [7, 11) is 0. The second-order valence-electron chi connectivity index (χ2n) is 3.32. The molecule has 0 saturated heterocycles. The fourth-order valence-corrected chi connectivity index (χ4v) is 1.40. The smallest absolute Gasteiger partial charge is 0.283 e. The fraction of sp³-hybridized carbons (Fsp3) is 0.200. The molecule has 0 saturated carbocycles. The summed E-state index contributed by atoms with van der Waals surface area (Å²) in [5.41, 5.74) is 6.83. The van der Waals surface area contributed by atoms with Gasteiger partial charge in [-0.3, -0.25) is 4.79 Å². The molecule has 0 aliphatic heterocycles. The Kier molecular flexibility index (Phi) is 2.07. The number of carbonyl (C=O) groups is 1. The van der Waals surface area contributed by atoms with Crippen LogP contribution in [0.2, 0.25) is 0 Å². The lowest BCUT2D eigenvalue weighted by Gasteiger charge is -2.00. The van der Waals surface area contributed by atoms with Crippen molar-refractivity contribution >= 4 is 11.7 Å². The van der Waals surface area contributed by atoms with Gasteiger partial charge in [-0.15, -0.1) is 0 Å². The highest BCUT2D eigenvalue weighted by atomic mass is 16.3. The normalized spacial score (nSPS) is 10.5. The molecule has 2 N–H and O–H groups in total. The molecule has 0 unspecified atom stereocenters. The predicted molar refractivity (Wildman–Crippen MR) is 54.5 cm³/mol. The summed E-state index contributed by atoms with van der Waals surface area (Å²) >= 11 is 0. The number of aryl methyl sites for hydroxylation is 2. The van der Waals surface area contributed by atoms with E-state index in [-0.39, 0.29) is 5.91 Å². The minimum Gasteiger partial charge on any atom is -0.469 e. The molecular weight excluding hydrogens is 194 g/mol. The molecule has 0 atom stereocenters. The molecule has 0 amide bonds. The lowest BCUT2D eigenvalue weighted by Crippen LogP contribution is -2.16. The summed E-state index contributed by atoms with van der Waals surface area (Å²) in [5.74, 6) is 0.623. The Labute approximate surface area is 86.5 Å². The van der Waals surface area contributed by atoms with Gasteiger partial charge < -0.3 is 10.2 Å². The minimum atomic E-state index is -0.271. The SMILES string of the molecule is Cc1cc(N)n(C(=O)c2ccoc2C)n1. The van der Waals surface area contributed by atoms with Crippen molar-refractivity contribution in [2.75, 3.05) is 5.73 Å². The second-order valence-corrected chi connectivity index (χ2v) is 3.32. The van der Waals surface area contributed by atoms with Crippen LogP contribution < -0.4 is 5.73 Å². The molecule has 2 heterocycles. The number of hydrogen-bond acceptors (Lipinski definition) is 4. The first kappa shape index (κ1) is 9.51. The van der Waals surface area contributed by atoms with Crippen LogP contribution in [0.15, 0.2) is 22.8 Å².